The van der Waals surface area contributed by atoms with E-state index in [0.717, 1.165) is 22.4 Å². The van der Waals surface area contributed by atoms with Crippen LogP contribution in [0.1, 0.15) is 11.1 Å². The first-order valence-electron chi connectivity index (χ1n) is 7.52. The molecule has 134 valence electrons. The van der Waals surface area contributed by atoms with E-state index in [1.165, 1.54) is 12.0 Å². The summed E-state index contributed by atoms with van der Waals surface area (Å²) in [4.78, 5) is 36.1. The third kappa shape index (κ3) is 4.05. The Morgan fingerprint density at radius 1 is 1.42 bits per heavy atom. The van der Waals surface area contributed by atoms with Gasteiger partial charge in [0.1, 0.15) is 23.9 Å². The topological polar surface area (TPSA) is 118 Å². The lowest BCUT2D eigenvalue weighted by molar-refractivity contribution is -0.385. The molecule has 0 spiro atoms. The molecule has 1 aromatic carbocycles. The van der Waals surface area contributed by atoms with Crippen molar-refractivity contribution in [1.29, 1.82) is 5.26 Å². The minimum absolute atomic E-state index is 0.234. The maximum Gasteiger partial charge on any atom is 0.287 e. The average Bonchev–Trinajstić information content (AvgIpc) is 2.63. The first-order valence-corrected chi connectivity index (χ1v) is 7.52. The summed E-state index contributed by atoms with van der Waals surface area (Å²) >= 11 is 0. The van der Waals surface area contributed by atoms with Gasteiger partial charge in [-0.1, -0.05) is 18.2 Å². The number of aromatic nitrogens is 1. The molecule has 0 aliphatic rings. The molecule has 9 nitrogen and oxygen atoms in total. The van der Waals surface area contributed by atoms with Crippen molar-refractivity contribution >= 4 is 11.6 Å². The molecule has 2 aromatic rings. The molecule has 9 heteroatoms. The SMILES string of the molecule is COc1ccccc1CN(C)C(=O)Cn1cc([N+](=O)[O-])cc(C#N)c1=O. The molecule has 0 N–H and O–H groups in total. The van der Waals surface area contributed by atoms with E-state index in [0.29, 0.717) is 5.75 Å². The molecular weight excluding hydrogens is 340 g/mol. The molecule has 0 saturated carbocycles. The van der Waals surface area contributed by atoms with Crippen LogP contribution < -0.4 is 10.3 Å². The fraction of sp³-hybridized carbons (Fsp3) is 0.235. The van der Waals surface area contributed by atoms with Gasteiger partial charge in [0.2, 0.25) is 5.91 Å². The molecule has 0 unspecified atom stereocenters. The number of hydrogen-bond donors (Lipinski definition) is 0. The number of amides is 1. The second-order valence-electron chi connectivity index (χ2n) is 5.48. The number of carbonyl (C=O) groups is 1. The quantitative estimate of drug-likeness (QED) is 0.568. The fourth-order valence-electron chi connectivity index (χ4n) is 2.36. The minimum atomic E-state index is -0.753. The van der Waals surface area contributed by atoms with Gasteiger partial charge in [-0.3, -0.25) is 24.3 Å². The van der Waals surface area contributed by atoms with Crippen molar-refractivity contribution in [2.45, 2.75) is 13.1 Å². The van der Waals surface area contributed by atoms with Crippen molar-refractivity contribution in [2.24, 2.45) is 0 Å². The lowest BCUT2D eigenvalue weighted by Crippen LogP contribution is -2.34. The zero-order chi connectivity index (χ0) is 19.3. The van der Waals surface area contributed by atoms with Crippen LogP contribution in [-0.4, -0.2) is 34.5 Å². The van der Waals surface area contributed by atoms with E-state index in [-0.39, 0.29) is 12.1 Å². The minimum Gasteiger partial charge on any atom is -0.496 e. The van der Waals surface area contributed by atoms with Crippen molar-refractivity contribution in [3.8, 4) is 11.8 Å². The van der Waals surface area contributed by atoms with Crippen LogP contribution in [0.4, 0.5) is 5.69 Å². The molecule has 0 saturated heterocycles. The summed E-state index contributed by atoms with van der Waals surface area (Å²) in [5.41, 5.74) is -0.798. The Hall–Kier alpha value is -3.67. The summed E-state index contributed by atoms with van der Waals surface area (Å²) in [6.07, 6.45) is 0.956. The van der Waals surface area contributed by atoms with Crippen molar-refractivity contribution in [3.63, 3.8) is 0 Å². The number of para-hydroxylation sites is 1. The third-order valence-corrected chi connectivity index (χ3v) is 3.73. The van der Waals surface area contributed by atoms with Gasteiger partial charge in [0.15, 0.2) is 0 Å². The molecule has 26 heavy (non-hydrogen) atoms. The predicted octanol–water partition coefficient (Wildman–Crippen LogP) is 1.30. The van der Waals surface area contributed by atoms with Crippen molar-refractivity contribution in [2.75, 3.05) is 14.2 Å². The van der Waals surface area contributed by atoms with Gasteiger partial charge in [0.25, 0.3) is 11.2 Å². The lowest BCUT2D eigenvalue weighted by atomic mass is 10.2. The molecular formula is C17H16N4O5. The number of benzene rings is 1. The second kappa shape index (κ2) is 7.94. The van der Waals surface area contributed by atoms with Gasteiger partial charge in [-0.2, -0.15) is 5.26 Å². The van der Waals surface area contributed by atoms with E-state index in [2.05, 4.69) is 0 Å². The molecule has 0 radical (unpaired) electrons. The number of methoxy groups -OCH3 is 1. The lowest BCUT2D eigenvalue weighted by Gasteiger charge is -2.19. The van der Waals surface area contributed by atoms with Crippen LogP contribution in [-0.2, 0) is 17.9 Å². The van der Waals surface area contributed by atoms with Crippen LogP contribution >= 0.6 is 0 Å². The maximum absolute atomic E-state index is 12.4. The molecule has 0 fully saturated rings. The van der Waals surface area contributed by atoms with Crippen LogP contribution in [0.3, 0.4) is 0 Å². The van der Waals surface area contributed by atoms with Gasteiger partial charge in [-0.05, 0) is 6.07 Å². The summed E-state index contributed by atoms with van der Waals surface area (Å²) < 4.78 is 6.10. The van der Waals surface area contributed by atoms with E-state index in [1.807, 2.05) is 0 Å². The highest BCUT2D eigenvalue weighted by molar-refractivity contribution is 5.76. The summed E-state index contributed by atoms with van der Waals surface area (Å²) in [6, 6.07) is 9.67. The Morgan fingerprint density at radius 3 is 2.73 bits per heavy atom. The number of nitro groups is 1. The van der Waals surface area contributed by atoms with Crippen LogP contribution in [0.2, 0.25) is 0 Å². The van der Waals surface area contributed by atoms with Gasteiger partial charge < -0.3 is 9.64 Å². The number of pyridine rings is 1. The number of nitrogens with zero attached hydrogens (tertiary/aromatic N) is 4. The summed E-state index contributed by atoms with van der Waals surface area (Å²) in [5, 5.41) is 19.9. The molecule has 1 aromatic heterocycles. The van der Waals surface area contributed by atoms with Crippen molar-refractivity contribution in [1.82, 2.24) is 9.47 Å². The Balaban J connectivity index is 2.24. The van der Waals surface area contributed by atoms with E-state index in [9.17, 15) is 19.7 Å². The number of rotatable bonds is 6. The molecule has 2 rings (SSSR count). The summed E-state index contributed by atoms with van der Waals surface area (Å²) in [5.74, 6) is 0.175. The number of hydrogen-bond acceptors (Lipinski definition) is 6. The summed E-state index contributed by atoms with van der Waals surface area (Å²) in [7, 11) is 3.06. The number of nitriles is 1. The average molecular weight is 356 g/mol. The van der Waals surface area contributed by atoms with Crippen molar-refractivity contribution in [3.05, 3.63) is 68.1 Å². The van der Waals surface area contributed by atoms with Crippen LogP contribution in [0, 0.1) is 21.4 Å². The van der Waals surface area contributed by atoms with Gasteiger partial charge in [-0.15, -0.1) is 0 Å². The zero-order valence-electron chi connectivity index (χ0n) is 14.2. The van der Waals surface area contributed by atoms with Gasteiger partial charge in [-0.25, -0.2) is 0 Å². The highest BCUT2D eigenvalue weighted by Crippen LogP contribution is 2.19. The molecule has 1 heterocycles. The normalized spacial score (nSPS) is 10.0. The van der Waals surface area contributed by atoms with E-state index in [4.69, 9.17) is 10.00 Å². The Labute approximate surface area is 148 Å². The predicted molar refractivity (Wildman–Crippen MR) is 91.5 cm³/mol. The Bertz CT molecular complexity index is 945. The monoisotopic (exact) mass is 356 g/mol. The van der Waals surface area contributed by atoms with Crippen LogP contribution in [0.5, 0.6) is 5.75 Å². The number of likely N-dealkylation sites (N-methyl/N-ethyl adjacent to an activating group) is 1. The van der Waals surface area contributed by atoms with Gasteiger partial charge >= 0.3 is 0 Å². The van der Waals surface area contributed by atoms with Gasteiger partial charge in [0, 0.05) is 25.2 Å². The van der Waals surface area contributed by atoms with Crippen molar-refractivity contribution < 1.29 is 14.5 Å². The van der Waals surface area contributed by atoms with E-state index in [1.54, 1.807) is 37.4 Å². The molecule has 0 aliphatic carbocycles. The third-order valence-electron chi connectivity index (χ3n) is 3.73. The maximum atomic E-state index is 12.4. The standard InChI is InChI=1S/C17H16N4O5/c1-19(9-12-5-3-4-6-15(12)26-2)16(22)11-20-10-14(21(24)25)7-13(8-18)17(20)23/h3-7,10H,9,11H2,1-2H3. The fourth-order valence-corrected chi connectivity index (χ4v) is 2.36. The Morgan fingerprint density at radius 2 is 2.12 bits per heavy atom. The first kappa shape index (κ1) is 18.7. The van der Waals surface area contributed by atoms with E-state index < -0.39 is 28.6 Å². The molecule has 0 bridgehead atoms. The zero-order valence-corrected chi connectivity index (χ0v) is 14.2. The van der Waals surface area contributed by atoms with E-state index >= 15 is 0 Å². The second-order valence-corrected chi connectivity index (χ2v) is 5.48. The van der Waals surface area contributed by atoms with Crippen LogP contribution in [0.25, 0.3) is 0 Å². The molecule has 1 amide bonds. The largest absolute Gasteiger partial charge is 0.496 e. The highest BCUT2D eigenvalue weighted by atomic mass is 16.6. The van der Waals surface area contributed by atoms with Gasteiger partial charge in [0.05, 0.1) is 18.2 Å². The van der Waals surface area contributed by atoms with Crippen LogP contribution in [0.15, 0.2) is 41.3 Å². The number of carbonyl (C=O) groups excluding carboxylic acids is 1. The molecule has 0 atom stereocenters. The smallest absolute Gasteiger partial charge is 0.287 e. The number of ether oxygens (including phenoxy) is 1. The Kier molecular flexibility index (Phi) is 5.70. The molecule has 0 aliphatic heterocycles. The first-order chi connectivity index (χ1) is 12.4. The summed E-state index contributed by atoms with van der Waals surface area (Å²) in [6.45, 7) is -0.182. The highest BCUT2D eigenvalue weighted by Gasteiger charge is 2.18.